The Labute approximate surface area is 186 Å². The molecule has 1 fully saturated rings. The molecule has 0 unspecified atom stereocenters. The van der Waals surface area contributed by atoms with E-state index in [4.69, 9.17) is 4.42 Å². The van der Waals surface area contributed by atoms with Crippen LogP contribution in [0.15, 0.2) is 49.8 Å². The minimum absolute atomic E-state index is 0.0129. The Kier molecular flexibility index (Phi) is 5.71. The van der Waals surface area contributed by atoms with E-state index in [1.807, 2.05) is 0 Å². The van der Waals surface area contributed by atoms with Gasteiger partial charge in [0.2, 0.25) is 0 Å². The molecule has 0 aliphatic carbocycles. The zero-order valence-electron chi connectivity index (χ0n) is 16.8. The minimum atomic E-state index is -3.82. The molecule has 0 radical (unpaired) electrons. The maximum Gasteiger partial charge on any atom is 0.305 e. The van der Waals surface area contributed by atoms with E-state index in [1.54, 1.807) is 6.07 Å². The number of carbonyl (C=O) groups is 1. The van der Waals surface area contributed by atoms with Crippen LogP contribution in [0.2, 0.25) is 0 Å². The Bertz CT molecular complexity index is 1330. The van der Waals surface area contributed by atoms with E-state index in [-0.39, 0.29) is 47.7 Å². The predicted molar refractivity (Wildman–Crippen MR) is 115 cm³/mol. The lowest BCUT2D eigenvalue weighted by atomic mass is 10.1. The highest BCUT2D eigenvalue weighted by Gasteiger charge is 2.33. The van der Waals surface area contributed by atoms with E-state index in [0.717, 1.165) is 0 Å². The third kappa shape index (κ3) is 4.09. The van der Waals surface area contributed by atoms with E-state index >= 15 is 0 Å². The summed E-state index contributed by atoms with van der Waals surface area (Å²) < 4.78 is 32.5. The molecule has 0 saturated carbocycles. The number of carbonyl (C=O) groups excluding carboxylic acids is 1. The van der Waals surface area contributed by atoms with Gasteiger partial charge >= 0.3 is 4.87 Å². The summed E-state index contributed by atoms with van der Waals surface area (Å²) in [4.78, 5) is 38.1. The van der Waals surface area contributed by atoms with Crippen molar-refractivity contribution in [3.8, 4) is 11.3 Å². The summed E-state index contributed by atoms with van der Waals surface area (Å²) >= 11 is 0.648. The molecule has 1 saturated heterocycles. The lowest BCUT2D eigenvalue weighted by Gasteiger charge is -2.33. The molecule has 2 aromatic heterocycles. The van der Waals surface area contributed by atoms with Crippen molar-refractivity contribution in [3.05, 3.63) is 67.6 Å². The standard InChI is InChI=1S/C19H18N4O7S2/c1-12-18(31-19(25)20-12)32(28,29)22-10-8-21(9-11-22)17(24)16-7-6-15(30-16)13-2-4-14(5-3-13)23(26)27/h2-7H,8-11H2,1H3,(H,20,25). The number of aryl methyl sites for hydroxylation is 1. The molecule has 0 atom stereocenters. The maximum atomic E-state index is 12.8. The second-order valence-electron chi connectivity index (χ2n) is 7.09. The summed E-state index contributed by atoms with van der Waals surface area (Å²) in [5, 5.41) is 10.8. The van der Waals surface area contributed by atoms with E-state index < -0.39 is 19.8 Å². The first-order chi connectivity index (χ1) is 15.2. The van der Waals surface area contributed by atoms with Crippen LogP contribution in [0.5, 0.6) is 0 Å². The van der Waals surface area contributed by atoms with Gasteiger partial charge in [-0.25, -0.2) is 8.42 Å². The Balaban J connectivity index is 1.43. The van der Waals surface area contributed by atoms with Gasteiger partial charge in [0, 0.05) is 49.6 Å². The van der Waals surface area contributed by atoms with Crippen LogP contribution in [0.3, 0.4) is 0 Å². The smallest absolute Gasteiger partial charge is 0.305 e. The number of aromatic amines is 1. The molecule has 13 heteroatoms. The molecule has 1 aromatic carbocycles. The third-order valence-corrected chi connectivity index (χ3v) is 8.54. The number of nitrogens with zero attached hydrogens (tertiary/aromatic N) is 3. The molecule has 0 bridgehead atoms. The normalized spacial score (nSPS) is 15.1. The van der Waals surface area contributed by atoms with Crippen LogP contribution in [0.1, 0.15) is 16.2 Å². The van der Waals surface area contributed by atoms with Crippen LogP contribution < -0.4 is 4.87 Å². The Morgan fingerprint density at radius 2 is 1.78 bits per heavy atom. The number of aromatic nitrogens is 1. The number of sulfonamides is 1. The number of benzene rings is 1. The van der Waals surface area contributed by atoms with Crippen LogP contribution in [-0.2, 0) is 10.0 Å². The number of H-pyrrole nitrogens is 1. The average Bonchev–Trinajstić information content (AvgIpc) is 3.40. The lowest BCUT2D eigenvalue weighted by Crippen LogP contribution is -2.50. The summed E-state index contributed by atoms with van der Waals surface area (Å²) in [5.41, 5.74) is 0.839. The van der Waals surface area contributed by atoms with Gasteiger partial charge < -0.3 is 14.3 Å². The largest absolute Gasteiger partial charge is 0.451 e. The van der Waals surface area contributed by atoms with Crippen molar-refractivity contribution in [2.75, 3.05) is 26.2 Å². The van der Waals surface area contributed by atoms with Gasteiger partial charge in [0.25, 0.3) is 21.6 Å². The molecule has 0 spiro atoms. The first kappa shape index (κ1) is 21.9. The maximum absolute atomic E-state index is 12.8. The second kappa shape index (κ2) is 8.33. The second-order valence-corrected chi connectivity index (χ2v) is 10.2. The number of amides is 1. The van der Waals surface area contributed by atoms with Gasteiger partial charge in [-0.3, -0.25) is 19.7 Å². The van der Waals surface area contributed by atoms with Crippen molar-refractivity contribution in [1.82, 2.24) is 14.2 Å². The number of nitro benzene ring substituents is 1. The first-order valence-electron chi connectivity index (χ1n) is 9.50. The van der Waals surface area contributed by atoms with Crippen LogP contribution in [0.25, 0.3) is 11.3 Å². The fourth-order valence-electron chi connectivity index (χ4n) is 3.40. The number of nitrogens with one attached hydrogen (secondary N) is 1. The Morgan fingerprint density at radius 3 is 2.34 bits per heavy atom. The number of non-ortho nitro benzene ring substituents is 1. The van der Waals surface area contributed by atoms with Crippen LogP contribution in [0.4, 0.5) is 5.69 Å². The van der Waals surface area contributed by atoms with E-state index in [2.05, 4.69) is 4.98 Å². The number of furan rings is 1. The van der Waals surface area contributed by atoms with Gasteiger partial charge in [-0.2, -0.15) is 4.31 Å². The summed E-state index contributed by atoms with van der Waals surface area (Å²) in [6.07, 6.45) is 0. The van der Waals surface area contributed by atoms with Gasteiger partial charge in [0.15, 0.2) is 9.97 Å². The lowest BCUT2D eigenvalue weighted by molar-refractivity contribution is -0.384. The van der Waals surface area contributed by atoms with Crippen molar-refractivity contribution < 1.29 is 22.6 Å². The highest BCUT2D eigenvalue weighted by atomic mass is 32.2. The predicted octanol–water partition coefficient (Wildman–Crippen LogP) is 2.06. The summed E-state index contributed by atoms with van der Waals surface area (Å²) in [6.45, 7) is 2.06. The van der Waals surface area contributed by atoms with Crippen molar-refractivity contribution in [2.45, 2.75) is 11.1 Å². The number of piperazine rings is 1. The van der Waals surface area contributed by atoms with E-state index in [9.17, 15) is 28.1 Å². The fourth-order valence-corrected chi connectivity index (χ4v) is 6.25. The number of thiazole rings is 1. The van der Waals surface area contributed by atoms with Crippen molar-refractivity contribution >= 4 is 33.0 Å². The molecular weight excluding hydrogens is 460 g/mol. The summed E-state index contributed by atoms with van der Waals surface area (Å²) in [5.74, 6) is 0.106. The van der Waals surface area contributed by atoms with Gasteiger partial charge in [0.05, 0.1) is 4.92 Å². The highest BCUT2D eigenvalue weighted by molar-refractivity contribution is 7.91. The van der Waals surface area contributed by atoms with E-state index in [0.29, 0.717) is 28.4 Å². The first-order valence-corrected chi connectivity index (χ1v) is 11.8. The van der Waals surface area contributed by atoms with Gasteiger partial charge in [0.1, 0.15) is 5.76 Å². The fraction of sp³-hybridized carbons (Fsp3) is 0.263. The van der Waals surface area contributed by atoms with Gasteiger partial charge in [-0.15, -0.1) is 0 Å². The SMILES string of the molecule is Cc1[nH]c(=O)sc1S(=O)(=O)N1CCN(C(=O)c2ccc(-c3ccc([N+](=O)[O-])cc3)o2)CC1. The minimum Gasteiger partial charge on any atom is -0.451 e. The zero-order valence-corrected chi connectivity index (χ0v) is 18.4. The average molecular weight is 479 g/mol. The van der Waals surface area contributed by atoms with Gasteiger partial charge in [-0.05, 0) is 31.2 Å². The Morgan fingerprint density at radius 1 is 1.12 bits per heavy atom. The number of rotatable bonds is 5. The van der Waals surface area contributed by atoms with Crippen molar-refractivity contribution in [2.24, 2.45) is 0 Å². The molecule has 32 heavy (non-hydrogen) atoms. The molecule has 1 aliphatic heterocycles. The molecule has 11 nitrogen and oxygen atoms in total. The zero-order chi connectivity index (χ0) is 23.0. The molecule has 168 valence electrons. The number of hydrogen-bond donors (Lipinski definition) is 1. The van der Waals surface area contributed by atoms with Crippen molar-refractivity contribution in [1.29, 1.82) is 0 Å². The molecule has 4 rings (SSSR count). The quantitative estimate of drug-likeness (QED) is 0.436. The molecular formula is C19H18N4O7S2. The van der Waals surface area contributed by atoms with E-state index in [1.165, 1.54) is 46.5 Å². The highest BCUT2D eigenvalue weighted by Crippen LogP contribution is 2.26. The van der Waals surface area contributed by atoms with Crippen LogP contribution in [0, 0.1) is 17.0 Å². The van der Waals surface area contributed by atoms with Gasteiger partial charge in [-0.1, -0.05) is 11.3 Å². The summed E-state index contributed by atoms with van der Waals surface area (Å²) in [6, 6.07) is 8.89. The Hall–Kier alpha value is -3.29. The molecule has 1 amide bonds. The molecule has 1 N–H and O–H groups in total. The topological polar surface area (TPSA) is 147 Å². The van der Waals surface area contributed by atoms with Crippen molar-refractivity contribution in [3.63, 3.8) is 0 Å². The third-order valence-electron chi connectivity index (χ3n) is 5.06. The van der Waals surface area contributed by atoms with Crippen LogP contribution in [-0.4, -0.2) is 59.6 Å². The molecule has 3 heterocycles. The summed E-state index contributed by atoms with van der Waals surface area (Å²) in [7, 11) is -3.82. The number of nitro groups is 1. The number of hydrogen-bond acceptors (Lipinski definition) is 8. The molecule has 3 aromatic rings. The monoisotopic (exact) mass is 478 g/mol. The molecule has 1 aliphatic rings. The van der Waals surface area contributed by atoms with Crippen LogP contribution >= 0.6 is 11.3 Å².